The molecule has 1 aromatic carbocycles. The number of nitrogens with zero attached hydrogens (tertiary/aromatic N) is 4. The number of rotatable bonds is 8. The number of likely N-dealkylation sites (tertiary alicyclic amines) is 3. The van der Waals surface area contributed by atoms with Crippen molar-refractivity contribution in [2.75, 3.05) is 26.7 Å². The van der Waals surface area contributed by atoms with Crippen LogP contribution in [0.4, 0.5) is 0 Å². The number of fused-ring (bicyclic) bond motifs is 3. The van der Waals surface area contributed by atoms with Crippen LogP contribution in [0.15, 0.2) is 23.1 Å². The Morgan fingerprint density at radius 3 is 3.00 bits per heavy atom. The van der Waals surface area contributed by atoms with Crippen LogP contribution >= 0.6 is 12.0 Å². The van der Waals surface area contributed by atoms with Gasteiger partial charge in [-0.05, 0) is 55.4 Å². The van der Waals surface area contributed by atoms with E-state index < -0.39 is 6.04 Å². The van der Waals surface area contributed by atoms with E-state index in [0.717, 1.165) is 49.2 Å². The molecule has 0 radical (unpaired) electrons. The van der Waals surface area contributed by atoms with Crippen LogP contribution in [-0.2, 0) is 25.3 Å². The highest BCUT2D eigenvalue weighted by atomic mass is 32.2. The van der Waals surface area contributed by atoms with E-state index in [1.807, 2.05) is 6.07 Å². The van der Waals surface area contributed by atoms with Gasteiger partial charge in [-0.25, -0.2) is 0 Å². The predicted octanol–water partition coefficient (Wildman–Crippen LogP) is 0.891. The van der Waals surface area contributed by atoms with Gasteiger partial charge < -0.3 is 15.5 Å². The van der Waals surface area contributed by atoms with Crippen molar-refractivity contribution in [3.63, 3.8) is 0 Å². The second-order valence-corrected chi connectivity index (χ2v) is 10.2. The summed E-state index contributed by atoms with van der Waals surface area (Å²) in [6, 6.07) is 7.28. The first-order chi connectivity index (χ1) is 16.5. The van der Waals surface area contributed by atoms with Gasteiger partial charge in [0.05, 0.1) is 36.2 Å². The highest BCUT2D eigenvalue weighted by Crippen LogP contribution is 2.44. The molecule has 2 bridgehead atoms. The third-order valence-electron chi connectivity index (χ3n) is 7.49. The zero-order valence-corrected chi connectivity index (χ0v) is 20.0. The number of carbonyl (C=O) groups is 2. The van der Waals surface area contributed by atoms with Crippen molar-refractivity contribution < 1.29 is 18.9 Å². The number of carbonyl (C=O) groups excluding carboxylic acids is 2. The molecule has 0 saturated carbocycles. The van der Waals surface area contributed by atoms with Crippen LogP contribution in [0.1, 0.15) is 42.9 Å². The van der Waals surface area contributed by atoms with Crippen molar-refractivity contribution in [1.82, 2.24) is 20.2 Å². The van der Waals surface area contributed by atoms with E-state index in [1.54, 1.807) is 11.9 Å². The fraction of sp³-hybridized carbons (Fsp3) is 0.609. The lowest BCUT2D eigenvalue weighted by Crippen LogP contribution is -2.56. The number of benzene rings is 1. The molecule has 5 rings (SSSR count). The summed E-state index contributed by atoms with van der Waals surface area (Å²) in [6.45, 7) is 1.66. The summed E-state index contributed by atoms with van der Waals surface area (Å²) in [5.74, 6) is -0.0485. The van der Waals surface area contributed by atoms with E-state index in [-0.39, 0.29) is 36.0 Å². The van der Waals surface area contributed by atoms with Gasteiger partial charge in [-0.3, -0.25) is 14.5 Å². The molecule has 34 heavy (non-hydrogen) atoms. The molecule has 0 spiro atoms. The van der Waals surface area contributed by atoms with Crippen molar-refractivity contribution in [2.24, 2.45) is 5.73 Å². The molecule has 11 heteroatoms. The molecule has 1 unspecified atom stereocenters. The van der Waals surface area contributed by atoms with Crippen molar-refractivity contribution in [3.8, 4) is 6.07 Å². The first-order valence-corrected chi connectivity index (χ1v) is 12.6. The number of hydroxylamine groups is 1. The van der Waals surface area contributed by atoms with E-state index in [2.05, 4.69) is 33.5 Å². The molecule has 1 aromatic rings. The number of nitriles is 1. The number of piperazine rings is 1. The Balaban J connectivity index is 1.21. The van der Waals surface area contributed by atoms with Crippen LogP contribution < -0.4 is 11.2 Å². The van der Waals surface area contributed by atoms with Crippen LogP contribution in [0, 0.1) is 11.3 Å². The van der Waals surface area contributed by atoms with Gasteiger partial charge in [0.15, 0.2) is 0 Å². The van der Waals surface area contributed by atoms with Crippen LogP contribution in [0.2, 0.25) is 0 Å². The second-order valence-electron chi connectivity index (χ2n) is 9.38. The Morgan fingerprint density at radius 2 is 2.24 bits per heavy atom. The molecule has 5 atom stereocenters. The van der Waals surface area contributed by atoms with Crippen molar-refractivity contribution in [3.05, 3.63) is 29.3 Å². The summed E-state index contributed by atoms with van der Waals surface area (Å²) in [7, 11) is 1.62. The number of hydrogen-bond donors (Lipinski definition) is 2. The Bertz CT molecular complexity index is 1000. The first kappa shape index (κ1) is 23.5. The average Bonchev–Trinajstić information content (AvgIpc) is 3.61. The van der Waals surface area contributed by atoms with Gasteiger partial charge >= 0.3 is 0 Å². The third kappa shape index (κ3) is 4.19. The molecule has 3 fully saturated rings. The average molecular weight is 487 g/mol. The summed E-state index contributed by atoms with van der Waals surface area (Å²) in [5, 5.41) is 9.28. The van der Waals surface area contributed by atoms with Gasteiger partial charge in [-0.1, -0.05) is 6.07 Å². The number of nitrogens with two attached hydrogens (primary N) is 1. The minimum atomic E-state index is -0.716. The maximum Gasteiger partial charge on any atom is 0.241 e. The fourth-order valence-corrected chi connectivity index (χ4v) is 6.51. The third-order valence-corrected chi connectivity index (χ3v) is 8.07. The molecule has 0 aromatic heterocycles. The molecule has 2 amide bonds. The quantitative estimate of drug-likeness (QED) is 0.239. The minimum Gasteiger partial charge on any atom is -0.330 e. The summed E-state index contributed by atoms with van der Waals surface area (Å²) in [5.41, 5.74) is 11.2. The zero-order chi connectivity index (χ0) is 23.8. The van der Waals surface area contributed by atoms with Gasteiger partial charge in [-0.2, -0.15) is 10.7 Å². The number of aryl methyl sites for hydroxylation is 1. The first-order valence-electron chi connectivity index (χ1n) is 11.8. The predicted molar refractivity (Wildman–Crippen MR) is 124 cm³/mol. The molecule has 182 valence electrons. The smallest absolute Gasteiger partial charge is 0.241 e. The topological polar surface area (TPSA) is 124 Å². The fourth-order valence-electron chi connectivity index (χ4n) is 6.01. The van der Waals surface area contributed by atoms with E-state index in [9.17, 15) is 14.9 Å². The molecule has 3 heterocycles. The lowest BCUT2D eigenvalue weighted by atomic mass is 10.1. The second kappa shape index (κ2) is 9.81. The lowest BCUT2D eigenvalue weighted by Gasteiger charge is -2.38. The van der Waals surface area contributed by atoms with Crippen molar-refractivity contribution in [2.45, 2.75) is 67.2 Å². The van der Waals surface area contributed by atoms with Crippen LogP contribution in [-0.4, -0.2) is 77.4 Å². The molecule has 3 N–H and O–H groups in total. The van der Waals surface area contributed by atoms with Gasteiger partial charge in [-0.15, -0.1) is 9.32 Å². The molecule has 3 saturated heterocycles. The monoisotopic (exact) mass is 486 g/mol. The van der Waals surface area contributed by atoms with Gasteiger partial charge in [0.25, 0.3) is 0 Å². The van der Waals surface area contributed by atoms with Crippen molar-refractivity contribution >= 4 is 23.9 Å². The summed E-state index contributed by atoms with van der Waals surface area (Å²) in [4.78, 5) is 37.6. The number of amides is 2. The van der Waals surface area contributed by atoms with Crippen LogP contribution in [0.25, 0.3) is 0 Å². The Kier molecular flexibility index (Phi) is 6.79. The number of hydrogen-bond acceptors (Lipinski definition) is 9. The van der Waals surface area contributed by atoms with Crippen LogP contribution in [0.5, 0.6) is 0 Å². The van der Waals surface area contributed by atoms with Crippen molar-refractivity contribution in [1.29, 1.82) is 5.26 Å². The van der Waals surface area contributed by atoms with Gasteiger partial charge in [0.1, 0.15) is 6.04 Å². The van der Waals surface area contributed by atoms with E-state index in [0.29, 0.717) is 19.5 Å². The highest BCUT2D eigenvalue weighted by molar-refractivity contribution is 7.94. The SMILES string of the molecule is CNOOSc1ccc2c(c1)CC[C@H]2N1C(=O)[C@@H]2CC1CN2C[C@H](N)C(=O)N1CCC[C@H]1C#N. The number of nitrogens with one attached hydrogen (secondary N) is 1. The molecule has 10 nitrogen and oxygen atoms in total. The molecule has 3 aliphatic heterocycles. The normalized spacial score (nSPS) is 29.0. The molecule has 1 aliphatic carbocycles. The lowest BCUT2D eigenvalue weighted by molar-refractivity contribution is -0.237. The highest BCUT2D eigenvalue weighted by Gasteiger charge is 2.53. The summed E-state index contributed by atoms with van der Waals surface area (Å²) >= 11 is 1.14. The van der Waals surface area contributed by atoms with E-state index >= 15 is 0 Å². The van der Waals surface area contributed by atoms with E-state index in [1.165, 1.54) is 11.1 Å². The summed E-state index contributed by atoms with van der Waals surface area (Å²) < 4.78 is 5.00. The van der Waals surface area contributed by atoms with Gasteiger partial charge in [0, 0.05) is 37.6 Å². The largest absolute Gasteiger partial charge is 0.330 e. The molecular formula is C23H30N6O4S. The zero-order valence-electron chi connectivity index (χ0n) is 19.2. The Morgan fingerprint density at radius 1 is 1.38 bits per heavy atom. The molecule has 4 aliphatic rings. The maximum atomic E-state index is 13.4. The standard InChI is InChI=1S/C23H30N6O4S/c1-26-32-33-34-17-5-6-18-14(9-17)4-7-20(18)29-16-10-21(23(29)31)27(12-16)13-19(25)22(30)28-8-2-3-15(28)11-24/h5-6,9,15-16,19-21,26H,2-4,7-8,10,12-13,25H2,1H3/t15-,16?,19-,20+,21-/m0/s1. The van der Waals surface area contributed by atoms with Gasteiger partial charge in [0.2, 0.25) is 11.8 Å². The Labute approximate surface area is 203 Å². The van der Waals surface area contributed by atoms with Crippen LogP contribution in [0.3, 0.4) is 0 Å². The van der Waals surface area contributed by atoms with E-state index in [4.69, 9.17) is 15.1 Å². The maximum absolute atomic E-state index is 13.4. The molecular weight excluding hydrogens is 456 g/mol. The minimum absolute atomic E-state index is 0.0875. The Hall–Kier alpha value is -2.20. The summed E-state index contributed by atoms with van der Waals surface area (Å²) in [6.07, 6.45) is 4.14.